The molecular weight excluding hydrogens is 194 g/mol. The summed E-state index contributed by atoms with van der Waals surface area (Å²) in [4.78, 5) is 4.70. The van der Waals surface area contributed by atoms with Crippen LogP contribution >= 0.6 is 0 Å². The maximum Gasteiger partial charge on any atom is 0.161 e. The molecule has 82 valence electrons. The van der Waals surface area contributed by atoms with Crippen molar-refractivity contribution in [3.05, 3.63) is 23.8 Å². The number of hydrogen-bond donors (Lipinski definition) is 0. The largest absolute Gasteiger partial charge is 0.493 e. The summed E-state index contributed by atoms with van der Waals surface area (Å²) in [5.74, 6) is 1.38. The highest BCUT2D eigenvalue weighted by atomic mass is 16.6. The molecule has 0 N–H and O–H groups in total. The molecule has 4 heteroatoms. The summed E-state index contributed by atoms with van der Waals surface area (Å²) in [6, 6.07) is 5.60. The third kappa shape index (κ3) is 2.62. The molecule has 0 fully saturated rings. The molecule has 15 heavy (non-hydrogen) atoms. The lowest BCUT2D eigenvalue weighted by Gasteiger charge is -2.08. The number of hydrogen-bond acceptors (Lipinski definition) is 4. The fourth-order valence-corrected chi connectivity index (χ4v) is 1.25. The molecule has 0 aliphatic carbocycles. The van der Waals surface area contributed by atoms with Gasteiger partial charge in [0.1, 0.15) is 7.11 Å². The minimum Gasteiger partial charge on any atom is -0.493 e. The molecule has 0 unspecified atom stereocenters. The first-order chi connectivity index (χ1) is 7.22. The lowest BCUT2D eigenvalue weighted by molar-refractivity contribution is 0.213. The molecule has 0 saturated carbocycles. The van der Waals surface area contributed by atoms with Crippen LogP contribution in [0.4, 0.5) is 0 Å². The van der Waals surface area contributed by atoms with E-state index >= 15 is 0 Å². The van der Waals surface area contributed by atoms with E-state index in [0.717, 1.165) is 11.3 Å². The van der Waals surface area contributed by atoms with Gasteiger partial charge in [-0.1, -0.05) is 5.16 Å². The topological polar surface area (TPSA) is 40.0 Å². The maximum absolute atomic E-state index is 5.18. The molecule has 0 aliphatic rings. The van der Waals surface area contributed by atoms with E-state index in [1.807, 2.05) is 25.1 Å². The lowest BCUT2D eigenvalue weighted by atomic mass is 10.1. The molecule has 0 atom stereocenters. The van der Waals surface area contributed by atoms with Gasteiger partial charge in [-0.05, 0) is 25.1 Å². The van der Waals surface area contributed by atoms with Crippen molar-refractivity contribution in [3.63, 3.8) is 0 Å². The highest BCUT2D eigenvalue weighted by Gasteiger charge is 2.06. The second-order valence-electron chi connectivity index (χ2n) is 2.93. The average molecular weight is 209 g/mol. The van der Waals surface area contributed by atoms with E-state index in [0.29, 0.717) is 11.5 Å². The van der Waals surface area contributed by atoms with Gasteiger partial charge >= 0.3 is 0 Å². The van der Waals surface area contributed by atoms with Gasteiger partial charge in [-0.15, -0.1) is 0 Å². The van der Waals surface area contributed by atoms with E-state index in [9.17, 15) is 0 Å². The quantitative estimate of drug-likeness (QED) is 0.563. The van der Waals surface area contributed by atoms with Gasteiger partial charge in [0.05, 0.1) is 19.9 Å². The Labute approximate surface area is 89.4 Å². The number of benzene rings is 1. The number of methoxy groups -OCH3 is 2. The van der Waals surface area contributed by atoms with Crippen molar-refractivity contribution in [2.24, 2.45) is 5.16 Å². The zero-order valence-electron chi connectivity index (χ0n) is 9.40. The van der Waals surface area contributed by atoms with Crippen molar-refractivity contribution in [1.29, 1.82) is 0 Å². The maximum atomic E-state index is 5.18. The molecule has 0 saturated heterocycles. The smallest absolute Gasteiger partial charge is 0.161 e. The second kappa shape index (κ2) is 5.24. The summed E-state index contributed by atoms with van der Waals surface area (Å²) in [6.45, 7) is 1.87. The molecule has 1 aromatic carbocycles. The molecule has 0 bridgehead atoms. The molecule has 0 radical (unpaired) electrons. The van der Waals surface area contributed by atoms with E-state index in [-0.39, 0.29) is 0 Å². The van der Waals surface area contributed by atoms with Crippen LogP contribution in [0.1, 0.15) is 12.5 Å². The first-order valence-electron chi connectivity index (χ1n) is 4.53. The lowest BCUT2D eigenvalue weighted by Crippen LogP contribution is -1.98. The van der Waals surface area contributed by atoms with Crippen molar-refractivity contribution >= 4 is 5.71 Å². The fourth-order valence-electron chi connectivity index (χ4n) is 1.25. The van der Waals surface area contributed by atoms with E-state index in [2.05, 4.69) is 5.16 Å². The highest BCUT2D eigenvalue weighted by Crippen LogP contribution is 2.27. The number of ether oxygens (including phenoxy) is 2. The molecule has 0 aromatic heterocycles. The zero-order chi connectivity index (χ0) is 11.3. The number of nitrogens with zero attached hydrogens (tertiary/aromatic N) is 1. The van der Waals surface area contributed by atoms with Gasteiger partial charge in [-0.3, -0.25) is 0 Å². The molecular formula is C11H15NO3. The molecule has 1 aromatic rings. The molecule has 0 amide bonds. The Morgan fingerprint density at radius 2 is 1.73 bits per heavy atom. The minimum atomic E-state index is 0.681. The predicted octanol–water partition coefficient (Wildman–Crippen LogP) is 2.07. The van der Waals surface area contributed by atoms with Crippen LogP contribution in [-0.2, 0) is 4.84 Å². The molecule has 1 rings (SSSR count). The molecule has 0 heterocycles. The van der Waals surface area contributed by atoms with E-state index in [1.165, 1.54) is 7.11 Å². The molecule has 0 aliphatic heterocycles. The summed E-state index contributed by atoms with van der Waals surface area (Å²) < 4.78 is 10.3. The first-order valence-corrected chi connectivity index (χ1v) is 4.53. The van der Waals surface area contributed by atoms with Crippen molar-refractivity contribution in [2.45, 2.75) is 6.92 Å². The van der Waals surface area contributed by atoms with Gasteiger partial charge < -0.3 is 14.3 Å². The Morgan fingerprint density at radius 3 is 2.27 bits per heavy atom. The minimum absolute atomic E-state index is 0.681. The summed E-state index contributed by atoms with van der Waals surface area (Å²) in [7, 11) is 4.72. The van der Waals surface area contributed by atoms with Crippen molar-refractivity contribution in [1.82, 2.24) is 0 Å². The van der Waals surface area contributed by atoms with Crippen LogP contribution in [0.5, 0.6) is 11.5 Å². The van der Waals surface area contributed by atoms with Crippen LogP contribution in [-0.4, -0.2) is 27.0 Å². The van der Waals surface area contributed by atoms with Gasteiger partial charge in [0.2, 0.25) is 0 Å². The van der Waals surface area contributed by atoms with E-state index in [4.69, 9.17) is 14.3 Å². The van der Waals surface area contributed by atoms with Gasteiger partial charge in [0.15, 0.2) is 11.5 Å². The van der Waals surface area contributed by atoms with E-state index in [1.54, 1.807) is 14.2 Å². The third-order valence-electron chi connectivity index (χ3n) is 2.03. The van der Waals surface area contributed by atoms with Gasteiger partial charge in [0.25, 0.3) is 0 Å². The van der Waals surface area contributed by atoms with Gasteiger partial charge in [-0.25, -0.2) is 0 Å². The Balaban J connectivity index is 3.08. The SMILES string of the molecule is CO/N=C(\C)c1ccc(OC)c(OC)c1. The van der Waals surface area contributed by atoms with Crippen molar-refractivity contribution in [2.75, 3.05) is 21.3 Å². The van der Waals surface area contributed by atoms with E-state index < -0.39 is 0 Å². The van der Waals surface area contributed by atoms with Crippen LogP contribution in [0.15, 0.2) is 23.4 Å². The molecule has 0 spiro atoms. The Kier molecular flexibility index (Phi) is 3.97. The normalized spacial score (nSPS) is 11.1. The fraction of sp³-hybridized carbons (Fsp3) is 0.364. The van der Waals surface area contributed by atoms with Gasteiger partial charge in [-0.2, -0.15) is 0 Å². The predicted molar refractivity (Wildman–Crippen MR) is 58.8 cm³/mol. The monoisotopic (exact) mass is 209 g/mol. The van der Waals surface area contributed by atoms with Crippen LogP contribution in [0, 0.1) is 0 Å². The van der Waals surface area contributed by atoms with Crippen LogP contribution in [0.2, 0.25) is 0 Å². The zero-order valence-corrected chi connectivity index (χ0v) is 9.40. The summed E-state index contributed by atoms with van der Waals surface area (Å²) in [5, 5.41) is 3.85. The summed E-state index contributed by atoms with van der Waals surface area (Å²) in [5.41, 5.74) is 1.73. The Hall–Kier alpha value is -1.71. The number of oxime groups is 1. The van der Waals surface area contributed by atoms with Crippen LogP contribution in [0.3, 0.4) is 0 Å². The average Bonchev–Trinajstić information content (AvgIpc) is 2.28. The standard InChI is InChI=1S/C11H15NO3/c1-8(12-15-4)9-5-6-10(13-2)11(7-9)14-3/h5-7H,1-4H3/b12-8+. The molecule has 4 nitrogen and oxygen atoms in total. The second-order valence-corrected chi connectivity index (χ2v) is 2.93. The highest BCUT2D eigenvalue weighted by molar-refractivity contribution is 5.98. The Morgan fingerprint density at radius 1 is 1.07 bits per heavy atom. The third-order valence-corrected chi connectivity index (χ3v) is 2.03. The van der Waals surface area contributed by atoms with Crippen LogP contribution in [0.25, 0.3) is 0 Å². The van der Waals surface area contributed by atoms with Crippen molar-refractivity contribution < 1.29 is 14.3 Å². The summed E-state index contributed by atoms with van der Waals surface area (Å²) >= 11 is 0. The Bertz CT molecular complexity index is 361. The number of rotatable bonds is 4. The first kappa shape index (κ1) is 11.4. The summed E-state index contributed by atoms with van der Waals surface area (Å²) in [6.07, 6.45) is 0. The van der Waals surface area contributed by atoms with Gasteiger partial charge in [0, 0.05) is 5.56 Å². The van der Waals surface area contributed by atoms with Crippen molar-refractivity contribution in [3.8, 4) is 11.5 Å². The van der Waals surface area contributed by atoms with Crippen LogP contribution < -0.4 is 9.47 Å².